The summed E-state index contributed by atoms with van der Waals surface area (Å²) in [5.41, 5.74) is 1.29. The molecular weight excluding hydrogens is 402 g/mol. The molecule has 0 aromatic heterocycles. The zero-order valence-electron chi connectivity index (χ0n) is 15.7. The monoisotopic (exact) mass is 426 g/mol. The Kier molecular flexibility index (Phi) is 8.37. The van der Waals surface area contributed by atoms with Gasteiger partial charge in [0, 0.05) is 35.8 Å². The summed E-state index contributed by atoms with van der Waals surface area (Å²) in [7, 11) is 0. The molecule has 1 heterocycles. The molecule has 0 aliphatic carbocycles. The van der Waals surface area contributed by atoms with Gasteiger partial charge in [0.25, 0.3) is 0 Å². The van der Waals surface area contributed by atoms with Gasteiger partial charge in [0.2, 0.25) is 0 Å². The summed E-state index contributed by atoms with van der Waals surface area (Å²) in [6, 6.07) is 10.1. The van der Waals surface area contributed by atoms with Crippen molar-refractivity contribution < 1.29 is 13.9 Å². The van der Waals surface area contributed by atoms with E-state index in [2.05, 4.69) is 10.2 Å². The van der Waals surface area contributed by atoms with Crippen molar-refractivity contribution in [3.8, 4) is 5.75 Å². The molecule has 0 spiro atoms. The highest BCUT2D eigenvalue weighted by molar-refractivity contribution is 6.31. The molecule has 0 atom stereocenters. The molecule has 0 unspecified atom stereocenters. The van der Waals surface area contributed by atoms with Crippen LogP contribution in [0.1, 0.15) is 17.5 Å². The number of halogens is 3. The Morgan fingerprint density at radius 1 is 1.14 bits per heavy atom. The van der Waals surface area contributed by atoms with Crippen LogP contribution in [0.15, 0.2) is 36.4 Å². The van der Waals surface area contributed by atoms with Crippen molar-refractivity contribution in [2.24, 2.45) is 0 Å². The van der Waals surface area contributed by atoms with Gasteiger partial charge in [-0.05, 0) is 49.8 Å². The number of hydrogen-bond donors (Lipinski definition) is 1. The predicted octanol–water partition coefficient (Wildman–Crippen LogP) is 4.52. The number of rotatable bonds is 9. The minimum Gasteiger partial charge on any atom is -0.488 e. The average molecular weight is 427 g/mol. The van der Waals surface area contributed by atoms with Crippen LogP contribution in [-0.2, 0) is 17.9 Å². The number of morpholine rings is 1. The molecule has 152 valence electrons. The first-order chi connectivity index (χ1) is 13.6. The maximum Gasteiger partial charge on any atom is 0.131 e. The molecule has 1 fully saturated rings. The lowest BCUT2D eigenvalue weighted by molar-refractivity contribution is 0.0374. The second kappa shape index (κ2) is 11.0. The van der Waals surface area contributed by atoms with Crippen molar-refractivity contribution in [2.75, 3.05) is 39.4 Å². The van der Waals surface area contributed by atoms with Gasteiger partial charge in [0.15, 0.2) is 0 Å². The summed E-state index contributed by atoms with van der Waals surface area (Å²) in [5, 5.41) is 4.43. The van der Waals surface area contributed by atoms with Gasteiger partial charge in [0.1, 0.15) is 18.2 Å². The Balaban J connectivity index is 1.50. The normalized spacial score (nSPS) is 15.0. The minimum absolute atomic E-state index is 0.0666. The molecule has 1 aliphatic rings. The molecule has 0 bridgehead atoms. The molecule has 0 radical (unpaired) electrons. The van der Waals surface area contributed by atoms with Crippen molar-refractivity contribution in [3.05, 3.63) is 63.4 Å². The first-order valence-corrected chi connectivity index (χ1v) is 10.2. The zero-order chi connectivity index (χ0) is 19.8. The van der Waals surface area contributed by atoms with Crippen LogP contribution in [0.3, 0.4) is 0 Å². The summed E-state index contributed by atoms with van der Waals surface area (Å²) in [4.78, 5) is 2.41. The molecule has 0 amide bonds. The Morgan fingerprint density at radius 2 is 1.96 bits per heavy atom. The molecule has 1 aliphatic heterocycles. The Labute approximate surface area is 175 Å². The van der Waals surface area contributed by atoms with Gasteiger partial charge in [-0.15, -0.1) is 0 Å². The zero-order valence-corrected chi connectivity index (χ0v) is 17.2. The summed E-state index contributed by atoms with van der Waals surface area (Å²) in [5.74, 6) is 0.300. The highest BCUT2D eigenvalue weighted by Gasteiger charge is 2.11. The van der Waals surface area contributed by atoms with Crippen molar-refractivity contribution in [1.29, 1.82) is 0 Å². The molecule has 0 saturated carbocycles. The first kappa shape index (κ1) is 21.3. The average Bonchev–Trinajstić information content (AvgIpc) is 2.69. The lowest BCUT2D eigenvalue weighted by Crippen LogP contribution is -2.37. The summed E-state index contributed by atoms with van der Waals surface area (Å²) in [6.07, 6.45) is 1.06. The molecule has 4 nitrogen and oxygen atoms in total. The van der Waals surface area contributed by atoms with E-state index in [9.17, 15) is 4.39 Å². The fourth-order valence-electron chi connectivity index (χ4n) is 3.12. The molecule has 7 heteroatoms. The van der Waals surface area contributed by atoms with Gasteiger partial charge >= 0.3 is 0 Å². The van der Waals surface area contributed by atoms with Crippen LogP contribution in [-0.4, -0.2) is 44.3 Å². The van der Waals surface area contributed by atoms with E-state index in [1.807, 2.05) is 12.1 Å². The molecular formula is C21H25Cl2FN2O2. The van der Waals surface area contributed by atoms with Crippen LogP contribution in [0, 0.1) is 5.82 Å². The molecule has 3 rings (SSSR count). The van der Waals surface area contributed by atoms with Gasteiger partial charge < -0.3 is 14.8 Å². The van der Waals surface area contributed by atoms with Crippen LogP contribution in [0.4, 0.5) is 4.39 Å². The summed E-state index contributed by atoms with van der Waals surface area (Å²) >= 11 is 12.2. The van der Waals surface area contributed by atoms with Crippen LogP contribution in [0.25, 0.3) is 0 Å². The Bertz CT molecular complexity index is 750. The van der Waals surface area contributed by atoms with E-state index < -0.39 is 0 Å². The van der Waals surface area contributed by atoms with E-state index >= 15 is 0 Å². The van der Waals surface area contributed by atoms with E-state index in [0.717, 1.165) is 51.4 Å². The van der Waals surface area contributed by atoms with E-state index in [-0.39, 0.29) is 12.4 Å². The standard InChI is InChI=1S/C21H25Cl2FN2O2/c22-17-5-6-21(28-15-18-19(23)3-1-4-20(18)24)16(13-17)14-25-7-2-8-26-9-11-27-12-10-26/h1,3-6,13,25H,2,7-12,14-15H2. The SMILES string of the molecule is Fc1cccc(Cl)c1COc1ccc(Cl)cc1CNCCCN1CCOCC1. The third-order valence-corrected chi connectivity index (χ3v) is 5.29. The Morgan fingerprint density at radius 3 is 2.75 bits per heavy atom. The maximum absolute atomic E-state index is 13.9. The number of hydrogen-bond acceptors (Lipinski definition) is 4. The number of nitrogens with zero attached hydrogens (tertiary/aromatic N) is 1. The lowest BCUT2D eigenvalue weighted by atomic mass is 10.2. The van der Waals surface area contributed by atoms with Gasteiger partial charge in [-0.1, -0.05) is 29.3 Å². The van der Waals surface area contributed by atoms with Gasteiger partial charge in [-0.2, -0.15) is 0 Å². The highest BCUT2D eigenvalue weighted by atomic mass is 35.5. The van der Waals surface area contributed by atoms with Crippen molar-refractivity contribution in [3.63, 3.8) is 0 Å². The summed E-state index contributed by atoms with van der Waals surface area (Å²) < 4.78 is 25.2. The van der Waals surface area contributed by atoms with Gasteiger partial charge in [-0.3, -0.25) is 4.90 Å². The van der Waals surface area contributed by atoms with Crippen LogP contribution in [0.2, 0.25) is 10.0 Å². The largest absolute Gasteiger partial charge is 0.488 e. The second-order valence-electron chi connectivity index (χ2n) is 6.73. The minimum atomic E-state index is -0.371. The van der Waals surface area contributed by atoms with E-state index in [4.69, 9.17) is 32.7 Å². The maximum atomic E-state index is 13.9. The molecule has 1 saturated heterocycles. The fraction of sp³-hybridized carbons (Fsp3) is 0.429. The van der Waals surface area contributed by atoms with Crippen molar-refractivity contribution in [2.45, 2.75) is 19.6 Å². The topological polar surface area (TPSA) is 33.7 Å². The molecule has 2 aromatic carbocycles. The molecule has 2 aromatic rings. The molecule has 1 N–H and O–H groups in total. The van der Waals surface area contributed by atoms with Gasteiger partial charge in [0.05, 0.1) is 18.2 Å². The third kappa shape index (κ3) is 6.33. The molecule has 28 heavy (non-hydrogen) atoms. The number of ether oxygens (including phenoxy) is 2. The van der Waals surface area contributed by atoms with Crippen LogP contribution in [0.5, 0.6) is 5.75 Å². The highest BCUT2D eigenvalue weighted by Crippen LogP contribution is 2.26. The predicted molar refractivity (Wildman–Crippen MR) is 111 cm³/mol. The third-order valence-electron chi connectivity index (χ3n) is 4.70. The fourth-order valence-corrected chi connectivity index (χ4v) is 3.53. The van der Waals surface area contributed by atoms with Crippen molar-refractivity contribution >= 4 is 23.2 Å². The van der Waals surface area contributed by atoms with E-state index in [0.29, 0.717) is 27.9 Å². The first-order valence-electron chi connectivity index (χ1n) is 9.48. The summed E-state index contributed by atoms with van der Waals surface area (Å²) in [6.45, 7) is 6.30. The Hall–Kier alpha value is -1.37. The van der Waals surface area contributed by atoms with Gasteiger partial charge in [-0.25, -0.2) is 4.39 Å². The van der Waals surface area contributed by atoms with Crippen LogP contribution < -0.4 is 10.1 Å². The number of benzene rings is 2. The quantitative estimate of drug-likeness (QED) is 0.597. The second-order valence-corrected chi connectivity index (χ2v) is 7.57. The number of nitrogens with one attached hydrogen (secondary N) is 1. The van der Waals surface area contributed by atoms with E-state index in [1.165, 1.54) is 6.07 Å². The van der Waals surface area contributed by atoms with Crippen molar-refractivity contribution in [1.82, 2.24) is 10.2 Å². The smallest absolute Gasteiger partial charge is 0.131 e. The lowest BCUT2D eigenvalue weighted by Gasteiger charge is -2.26. The van der Waals surface area contributed by atoms with Crippen LogP contribution >= 0.6 is 23.2 Å². The van der Waals surface area contributed by atoms with E-state index in [1.54, 1.807) is 18.2 Å².